The van der Waals surface area contributed by atoms with Crippen LogP contribution in [0.5, 0.6) is 0 Å². The normalized spacial score (nSPS) is 24.0. The second kappa shape index (κ2) is 7.78. The van der Waals surface area contributed by atoms with Gasteiger partial charge in [-0.2, -0.15) is 0 Å². The highest BCUT2D eigenvalue weighted by molar-refractivity contribution is 5.80. The Morgan fingerprint density at radius 1 is 1.00 bits per heavy atom. The van der Waals surface area contributed by atoms with Crippen molar-refractivity contribution in [2.24, 2.45) is 0 Å². The summed E-state index contributed by atoms with van der Waals surface area (Å²) in [5.74, 6) is 0.415. The van der Waals surface area contributed by atoms with Gasteiger partial charge in [-0.3, -0.25) is 14.5 Å². The Balaban J connectivity index is 1.24. The monoisotopic (exact) mass is 355 g/mol. The maximum absolute atomic E-state index is 12.5. The first-order valence-electron chi connectivity index (χ1n) is 10.1. The molecule has 0 N–H and O–H groups in total. The number of amides is 2. The first-order valence-corrected chi connectivity index (χ1v) is 10.1. The summed E-state index contributed by atoms with van der Waals surface area (Å²) in [7, 11) is 0. The second-order valence-electron chi connectivity index (χ2n) is 7.82. The van der Waals surface area contributed by atoms with E-state index in [1.165, 1.54) is 24.0 Å². The molecule has 2 amide bonds. The summed E-state index contributed by atoms with van der Waals surface area (Å²) in [6.45, 7) is 5.01. The standard InChI is InChI=1S/C21H29N3O2/c25-20-6-3-10-23(20)11-9-21(26)24-14-12-22(13-15-24)19-8-7-17-4-1-2-5-18(17)16-19/h1-2,4-5,19H,3,6-16H2/t19-/m0/s1. The van der Waals surface area contributed by atoms with E-state index in [-0.39, 0.29) is 11.8 Å². The lowest BCUT2D eigenvalue weighted by Gasteiger charge is -2.41. The molecular weight excluding hydrogens is 326 g/mol. The molecule has 1 aromatic rings. The third kappa shape index (κ3) is 3.78. The maximum Gasteiger partial charge on any atom is 0.224 e. The molecule has 5 heteroatoms. The molecule has 1 aliphatic carbocycles. The number of likely N-dealkylation sites (tertiary alicyclic amines) is 1. The van der Waals surface area contributed by atoms with Crippen LogP contribution in [-0.4, -0.2) is 71.8 Å². The fourth-order valence-corrected chi connectivity index (χ4v) is 4.66. The molecule has 1 atom stereocenters. The second-order valence-corrected chi connectivity index (χ2v) is 7.82. The molecule has 2 saturated heterocycles. The SMILES string of the molecule is O=C1CCCN1CCC(=O)N1CCN([C@H]2CCc3ccccc3C2)CC1. The van der Waals surface area contributed by atoms with E-state index in [0.717, 1.165) is 45.6 Å². The quantitative estimate of drug-likeness (QED) is 0.826. The molecule has 4 rings (SSSR count). The van der Waals surface area contributed by atoms with Crippen molar-refractivity contribution in [2.45, 2.75) is 44.6 Å². The van der Waals surface area contributed by atoms with E-state index >= 15 is 0 Å². The van der Waals surface area contributed by atoms with Crippen molar-refractivity contribution in [2.75, 3.05) is 39.3 Å². The topological polar surface area (TPSA) is 43.9 Å². The van der Waals surface area contributed by atoms with E-state index in [9.17, 15) is 9.59 Å². The van der Waals surface area contributed by atoms with Crippen LogP contribution in [0.3, 0.4) is 0 Å². The first kappa shape index (κ1) is 17.5. The van der Waals surface area contributed by atoms with Gasteiger partial charge in [0.05, 0.1) is 0 Å². The highest BCUT2D eigenvalue weighted by Crippen LogP contribution is 2.25. The lowest BCUT2D eigenvalue weighted by molar-refractivity contribution is -0.134. The van der Waals surface area contributed by atoms with E-state index in [1.54, 1.807) is 0 Å². The Morgan fingerprint density at radius 2 is 1.77 bits per heavy atom. The number of rotatable bonds is 4. The smallest absolute Gasteiger partial charge is 0.224 e. The first-order chi connectivity index (χ1) is 12.7. The Hall–Kier alpha value is -1.88. The number of fused-ring (bicyclic) bond motifs is 1. The summed E-state index contributed by atoms with van der Waals surface area (Å²) in [5, 5.41) is 0. The third-order valence-electron chi connectivity index (χ3n) is 6.27. The summed E-state index contributed by atoms with van der Waals surface area (Å²) in [5.41, 5.74) is 3.01. The van der Waals surface area contributed by atoms with Gasteiger partial charge in [-0.1, -0.05) is 24.3 Å². The number of nitrogens with zero attached hydrogens (tertiary/aromatic N) is 3. The zero-order valence-corrected chi connectivity index (χ0v) is 15.5. The molecule has 0 radical (unpaired) electrons. The van der Waals surface area contributed by atoms with E-state index in [4.69, 9.17) is 0 Å². The number of carbonyl (C=O) groups is 2. The van der Waals surface area contributed by atoms with Gasteiger partial charge in [-0.25, -0.2) is 0 Å². The van der Waals surface area contributed by atoms with Crippen molar-refractivity contribution in [1.82, 2.24) is 14.7 Å². The van der Waals surface area contributed by atoms with Crippen LogP contribution in [0.15, 0.2) is 24.3 Å². The van der Waals surface area contributed by atoms with Crippen LogP contribution in [0.1, 0.15) is 36.8 Å². The molecule has 140 valence electrons. The Kier molecular flexibility index (Phi) is 5.25. The number of aryl methyl sites for hydroxylation is 1. The van der Waals surface area contributed by atoms with E-state index in [2.05, 4.69) is 29.2 Å². The van der Waals surface area contributed by atoms with Crippen molar-refractivity contribution in [1.29, 1.82) is 0 Å². The Bertz CT molecular complexity index is 667. The van der Waals surface area contributed by atoms with Gasteiger partial charge in [-0.05, 0) is 36.8 Å². The van der Waals surface area contributed by atoms with Gasteiger partial charge in [0.1, 0.15) is 0 Å². The zero-order valence-electron chi connectivity index (χ0n) is 15.5. The van der Waals surface area contributed by atoms with Crippen LogP contribution in [0.25, 0.3) is 0 Å². The molecule has 2 fully saturated rings. The number of hydrogen-bond donors (Lipinski definition) is 0. The van der Waals surface area contributed by atoms with Crippen LogP contribution in [-0.2, 0) is 22.4 Å². The van der Waals surface area contributed by atoms with Crippen LogP contribution in [0, 0.1) is 0 Å². The molecular formula is C21H29N3O2. The van der Waals surface area contributed by atoms with Gasteiger partial charge in [0, 0.05) is 58.2 Å². The van der Waals surface area contributed by atoms with E-state index in [0.29, 0.717) is 25.4 Å². The lowest BCUT2D eigenvalue weighted by Crippen LogP contribution is -2.53. The van der Waals surface area contributed by atoms with Gasteiger partial charge < -0.3 is 9.80 Å². The molecule has 5 nitrogen and oxygen atoms in total. The molecule has 0 spiro atoms. The number of benzene rings is 1. The number of carbonyl (C=O) groups excluding carboxylic acids is 2. The van der Waals surface area contributed by atoms with Crippen molar-refractivity contribution in [3.05, 3.63) is 35.4 Å². The molecule has 0 saturated carbocycles. The minimum absolute atomic E-state index is 0.207. The van der Waals surface area contributed by atoms with E-state index in [1.807, 2.05) is 9.80 Å². The van der Waals surface area contributed by atoms with Crippen molar-refractivity contribution in [3.8, 4) is 0 Å². The van der Waals surface area contributed by atoms with Crippen molar-refractivity contribution >= 4 is 11.8 Å². The summed E-state index contributed by atoms with van der Waals surface area (Å²) in [6, 6.07) is 9.42. The van der Waals surface area contributed by atoms with Gasteiger partial charge in [0.2, 0.25) is 11.8 Å². The summed E-state index contributed by atoms with van der Waals surface area (Å²) < 4.78 is 0. The fourth-order valence-electron chi connectivity index (χ4n) is 4.66. The molecule has 0 bridgehead atoms. The highest BCUT2D eigenvalue weighted by Gasteiger charge is 2.29. The van der Waals surface area contributed by atoms with Crippen LogP contribution in [0.2, 0.25) is 0 Å². The summed E-state index contributed by atoms with van der Waals surface area (Å²) in [4.78, 5) is 30.5. The molecule has 1 aromatic carbocycles. The molecule has 2 heterocycles. The largest absolute Gasteiger partial charge is 0.342 e. The lowest BCUT2D eigenvalue weighted by atomic mass is 9.87. The fraction of sp³-hybridized carbons (Fsp3) is 0.619. The average molecular weight is 355 g/mol. The van der Waals surface area contributed by atoms with Gasteiger partial charge in [-0.15, -0.1) is 0 Å². The maximum atomic E-state index is 12.5. The van der Waals surface area contributed by atoms with Crippen LogP contribution in [0.4, 0.5) is 0 Å². The minimum Gasteiger partial charge on any atom is -0.342 e. The Morgan fingerprint density at radius 3 is 2.50 bits per heavy atom. The summed E-state index contributed by atoms with van der Waals surface area (Å²) >= 11 is 0. The molecule has 0 aromatic heterocycles. The van der Waals surface area contributed by atoms with Crippen molar-refractivity contribution < 1.29 is 9.59 Å². The Labute approximate surface area is 155 Å². The van der Waals surface area contributed by atoms with Crippen LogP contribution < -0.4 is 0 Å². The number of piperazine rings is 1. The third-order valence-corrected chi connectivity index (χ3v) is 6.27. The van der Waals surface area contributed by atoms with Crippen LogP contribution >= 0.6 is 0 Å². The van der Waals surface area contributed by atoms with Gasteiger partial charge in [0.25, 0.3) is 0 Å². The molecule has 3 aliphatic rings. The average Bonchev–Trinajstić information content (AvgIpc) is 3.10. The predicted molar refractivity (Wildman–Crippen MR) is 101 cm³/mol. The minimum atomic E-state index is 0.207. The molecule has 0 unspecified atom stereocenters. The number of hydrogen-bond acceptors (Lipinski definition) is 3. The zero-order chi connectivity index (χ0) is 17.9. The predicted octanol–water partition coefficient (Wildman–Crippen LogP) is 1.70. The summed E-state index contributed by atoms with van der Waals surface area (Å²) in [6.07, 6.45) is 5.60. The molecule has 2 aliphatic heterocycles. The van der Waals surface area contributed by atoms with Crippen molar-refractivity contribution in [3.63, 3.8) is 0 Å². The molecule has 26 heavy (non-hydrogen) atoms. The van der Waals surface area contributed by atoms with Gasteiger partial charge >= 0.3 is 0 Å². The highest BCUT2D eigenvalue weighted by atomic mass is 16.2. The van der Waals surface area contributed by atoms with Gasteiger partial charge in [0.15, 0.2) is 0 Å². The van der Waals surface area contributed by atoms with E-state index < -0.39 is 0 Å².